The minimum Gasteiger partial charge on any atom is -0.508 e. The largest absolute Gasteiger partial charge is 0.508 e. The predicted molar refractivity (Wildman–Crippen MR) is 117 cm³/mol. The van der Waals surface area contributed by atoms with E-state index >= 15 is 0 Å². The Labute approximate surface area is 178 Å². The molecule has 30 heavy (non-hydrogen) atoms. The molecule has 0 aliphatic heterocycles. The Morgan fingerprint density at radius 2 is 1.67 bits per heavy atom. The van der Waals surface area contributed by atoms with Gasteiger partial charge in [-0.25, -0.2) is 9.59 Å². The van der Waals surface area contributed by atoms with Gasteiger partial charge in [0.1, 0.15) is 11.5 Å². The number of benzene rings is 2. The van der Waals surface area contributed by atoms with Crippen molar-refractivity contribution in [2.24, 2.45) is 0 Å². The van der Waals surface area contributed by atoms with Crippen LogP contribution in [0.1, 0.15) is 68.8 Å². The minimum atomic E-state index is -0.508. The zero-order valence-corrected chi connectivity index (χ0v) is 17.9. The lowest BCUT2D eigenvalue weighted by molar-refractivity contribution is -0.143. The van der Waals surface area contributed by atoms with Crippen LogP contribution in [-0.4, -0.2) is 23.1 Å². The third-order valence-electron chi connectivity index (χ3n) is 4.67. The van der Waals surface area contributed by atoms with Crippen molar-refractivity contribution in [3.05, 3.63) is 65.2 Å². The molecule has 0 saturated heterocycles. The Morgan fingerprint density at radius 3 is 2.30 bits per heavy atom. The molecule has 1 atom stereocenters. The smallest absolute Gasteiger partial charge is 0.343 e. The summed E-state index contributed by atoms with van der Waals surface area (Å²) in [7, 11) is 0. The molecule has 0 unspecified atom stereocenters. The monoisotopic (exact) mass is 410 g/mol. The summed E-state index contributed by atoms with van der Waals surface area (Å²) >= 11 is 0. The number of ether oxygens (including phenoxy) is 2. The molecule has 160 valence electrons. The molecular weight excluding hydrogens is 380 g/mol. The maximum absolute atomic E-state index is 12.3. The zero-order valence-electron chi connectivity index (χ0n) is 17.9. The Morgan fingerprint density at radius 1 is 1.00 bits per heavy atom. The van der Waals surface area contributed by atoms with Crippen LogP contribution < -0.4 is 4.74 Å². The molecular formula is C25H30O5. The van der Waals surface area contributed by atoms with Crippen molar-refractivity contribution < 1.29 is 24.2 Å². The molecule has 0 fully saturated rings. The van der Waals surface area contributed by atoms with E-state index in [-0.39, 0.29) is 17.8 Å². The van der Waals surface area contributed by atoms with Crippen LogP contribution in [0.2, 0.25) is 0 Å². The number of phenols is 1. The average Bonchev–Trinajstić information content (AvgIpc) is 2.73. The molecule has 0 aliphatic carbocycles. The number of carbonyl (C=O) groups excluding carboxylic acids is 2. The van der Waals surface area contributed by atoms with Crippen LogP contribution in [0, 0.1) is 0 Å². The van der Waals surface area contributed by atoms with Crippen LogP contribution in [-0.2, 0) is 9.53 Å². The number of esters is 2. The number of aromatic hydroxyl groups is 1. The third-order valence-corrected chi connectivity index (χ3v) is 4.67. The molecule has 0 aliphatic rings. The number of carbonyl (C=O) groups is 2. The number of phenolic OH excluding ortho intramolecular Hbond substituents is 1. The van der Waals surface area contributed by atoms with E-state index in [0.29, 0.717) is 16.9 Å². The predicted octanol–water partition coefficient (Wildman–Crippen LogP) is 5.92. The van der Waals surface area contributed by atoms with Gasteiger partial charge in [0.2, 0.25) is 0 Å². The van der Waals surface area contributed by atoms with Crippen LogP contribution in [0.25, 0.3) is 6.08 Å². The lowest BCUT2D eigenvalue weighted by Gasteiger charge is -2.13. The standard InChI is InChI=1S/C25H30O5/c1-4-5-6-7-8-19(3)29-24(27)18(2)17-20-9-15-23(16-10-20)30-25(28)21-11-13-22(26)14-12-21/h9-17,19,26H,4-8H2,1-3H3/t19-/m1/s1. The summed E-state index contributed by atoms with van der Waals surface area (Å²) in [6, 6.07) is 12.7. The summed E-state index contributed by atoms with van der Waals surface area (Å²) in [6.07, 6.45) is 7.15. The van der Waals surface area contributed by atoms with Gasteiger partial charge < -0.3 is 14.6 Å². The second kappa shape index (κ2) is 11.8. The molecule has 0 aromatic heterocycles. The summed E-state index contributed by atoms with van der Waals surface area (Å²) in [4.78, 5) is 24.4. The van der Waals surface area contributed by atoms with Crippen molar-refractivity contribution in [1.82, 2.24) is 0 Å². The van der Waals surface area contributed by atoms with E-state index in [0.717, 1.165) is 24.8 Å². The second-order valence-corrected chi connectivity index (χ2v) is 7.40. The van der Waals surface area contributed by atoms with Crippen molar-refractivity contribution in [1.29, 1.82) is 0 Å². The van der Waals surface area contributed by atoms with Gasteiger partial charge in [-0.1, -0.05) is 38.3 Å². The van der Waals surface area contributed by atoms with Crippen molar-refractivity contribution in [2.75, 3.05) is 0 Å². The lowest BCUT2D eigenvalue weighted by atomic mass is 10.1. The number of hydrogen-bond donors (Lipinski definition) is 1. The Kier molecular flexibility index (Phi) is 9.13. The van der Waals surface area contributed by atoms with E-state index in [1.54, 1.807) is 37.3 Å². The quantitative estimate of drug-likeness (QED) is 0.228. The summed E-state index contributed by atoms with van der Waals surface area (Å²) in [5.74, 6) is -0.347. The maximum Gasteiger partial charge on any atom is 0.343 e. The van der Waals surface area contributed by atoms with Gasteiger partial charge in [0.25, 0.3) is 0 Å². The summed E-state index contributed by atoms with van der Waals surface area (Å²) in [5, 5.41) is 9.29. The molecule has 0 radical (unpaired) electrons. The molecule has 1 N–H and O–H groups in total. The first-order valence-electron chi connectivity index (χ1n) is 10.4. The molecule has 0 bridgehead atoms. The molecule has 5 nitrogen and oxygen atoms in total. The molecule has 2 aromatic rings. The zero-order chi connectivity index (χ0) is 21.9. The van der Waals surface area contributed by atoms with Crippen LogP contribution in [0.15, 0.2) is 54.1 Å². The van der Waals surface area contributed by atoms with Crippen LogP contribution in [0.5, 0.6) is 11.5 Å². The molecule has 5 heteroatoms. The molecule has 0 spiro atoms. The molecule has 0 amide bonds. The first-order chi connectivity index (χ1) is 14.4. The molecule has 2 aromatic carbocycles. The van der Waals surface area contributed by atoms with Crippen molar-refractivity contribution in [2.45, 2.75) is 59.0 Å². The van der Waals surface area contributed by atoms with Gasteiger partial charge in [-0.05, 0) is 74.7 Å². The van der Waals surface area contributed by atoms with Crippen molar-refractivity contribution in [3.63, 3.8) is 0 Å². The summed E-state index contributed by atoms with van der Waals surface area (Å²) < 4.78 is 10.8. The summed E-state index contributed by atoms with van der Waals surface area (Å²) in [5.41, 5.74) is 1.67. The van der Waals surface area contributed by atoms with E-state index in [9.17, 15) is 14.7 Å². The fourth-order valence-corrected chi connectivity index (χ4v) is 2.90. The van der Waals surface area contributed by atoms with Gasteiger partial charge in [0.15, 0.2) is 0 Å². The lowest BCUT2D eigenvalue weighted by Crippen LogP contribution is -2.15. The first-order valence-corrected chi connectivity index (χ1v) is 10.4. The van der Waals surface area contributed by atoms with Gasteiger partial charge in [-0.3, -0.25) is 0 Å². The van der Waals surface area contributed by atoms with E-state index in [4.69, 9.17) is 9.47 Å². The van der Waals surface area contributed by atoms with Gasteiger partial charge in [0, 0.05) is 5.57 Å². The molecule has 0 heterocycles. The number of rotatable bonds is 10. The highest BCUT2D eigenvalue weighted by atomic mass is 16.5. The SMILES string of the molecule is CCCCCC[C@@H](C)OC(=O)C(C)=Cc1ccc(OC(=O)c2ccc(O)cc2)cc1. The highest BCUT2D eigenvalue weighted by Gasteiger charge is 2.12. The van der Waals surface area contributed by atoms with Crippen molar-refractivity contribution >= 4 is 18.0 Å². The number of unbranched alkanes of at least 4 members (excludes halogenated alkanes) is 3. The Hall–Kier alpha value is -3.08. The second-order valence-electron chi connectivity index (χ2n) is 7.40. The first kappa shape index (κ1) is 23.2. The van der Waals surface area contributed by atoms with Crippen LogP contribution in [0.3, 0.4) is 0 Å². The van der Waals surface area contributed by atoms with Gasteiger partial charge in [0.05, 0.1) is 11.7 Å². The van der Waals surface area contributed by atoms with E-state index in [1.807, 2.05) is 6.92 Å². The number of hydrogen-bond acceptors (Lipinski definition) is 5. The fourth-order valence-electron chi connectivity index (χ4n) is 2.90. The van der Waals surface area contributed by atoms with Crippen molar-refractivity contribution in [3.8, 4) is 11.5 Å². The van der Waals surface area contributed by atoms with Crippen LogP contribution in [0.4, 0.5) is 0 Å². The normalized spacial score (nSPS) is 12.3. The Balaban J connectivity index is 1.88. The van der Waals surface area contributed by atoms with Crippen LogP contribution >= 0.6 is 0 Å². The summed E-state index contributed by atoms with van der Waals surface area (Å²) in [6.45, 7) is 5.82. The topological polar surface area (TPSA) is 72.8 Å². The van der Waals surface area contributed by atoms with Gasteiger partial charge in [-0.2, -0.15) is 0 Å². The van der Waals surface area contributed by atoms with Gasteiger partial charge in [-0.15, -0.1) is 0 Å². The highest BCUT2D eigenvalue weighted by Crippen LogP contribution is 2.18. The van der Waals surface area contributed by atoms with E-state index in [1.165, 1.54) is 37.1 Å². The fraction of sp³-hybridized carbons (Fsp3) is 0.360. The van der Waals surface area contributed by atoms with E-state index < -0.39 is 5.97 Å². The minimum absolute atomic E-state index is 0.0856. The maximum atomic E-state index is 12.3. The third kappa shape index (κ3) is 7.74. The highest BCUT2D eigenvalue weighted by molar-refractivity contribution is 5.93. The molecule has 0 saturated carbocycles. The van der Waals surface area contributed by atoms with Gasteiger partial charge >= 0.3 is 11.9 Å². The Bertz CT molecular complexity index is 850. The average molecular weight is 411 g/mol. The van der Waals surface area contributed by atoms with E-state index in [2.05, 4.69) is 6.92 Å². The molecule has 2 rings (SSSR count).